The fourth-order valence-electron chi connectivity index (χ4n) is 2.52. The van der Waals surface area contributed by atoms with Gasteiger partial charge in [-0.3, -0.25) is 9.59 Å². The van der Waals surface area contributed by atoms with Gasteiger partial charge in [0.15, 0.2) is 0 Å². The first-order chi connectivity index (χ1) is 14.0. The van der Waals surface area contributed by atoms with Crippen molar-refractivity contribution in [2.75, 3.05) is 11.9 Å². The summed E-state index contributed by atoms with van der Waals surface area (Å²) in [7, 11) is 0. The van der Waals surface area contributed by atoms with Crippen LogP contribution in [-0.2, 0) is 4.79 Å². The average Bonchev–Trinajstić information content (AvgIpc) is 2.71. The van der Waals surface area contributed by atoms with Crippen LogP contribution >= 0.6 is 11.6 Å². The van der Waals surface area contributed by atoms with E-state index >= 15 is 0 Å². The second kappa shape index (κ2) is 9.75. The van der Waals surface area contributed by atoms with Gasteiger partial charge >= 0.3 is 5.97 Å². The number of nitrogens with one attached hydrogen (secondary N) is 1. The largest absolute Gasteiger partial charge is 0.493 e. The SMILES string of the molecule is Cc1ccc(OCCC(=O)Oc2ccc(NC(=O)c3ccccc3Cl)cc2)cc1. The fourth-order valence-corrected chi connectivity index (χ4v) is 2.74. The number of esters is 1. The lowest BCUT2D eigenvalue weighted by Crippen LogP contribution is -2.13. The zero-order chi connectivity index (χ0) is 20.6. The summed E-state index contributed by atoms with van der Waals surface area (Å²) in [6.45, 7) is 2.22. The van der Waals surface area contributed by atoms with Crippen LogP contribution in [0.15, 0.2) is 72.8 Å². The Labute approximate surface area is 174 Å². The number of benzene rings is 3. The Hall–Kier alpha value is -3.31. The van der Waals surface area contributed by atoms with Crippen molar-refractivity contribution in [3.8, 4) is 11.5 Å². The lowest BCUT2D eigenvalue weighted by atomic mass is 10.2. The Bertz CT molecular complexity index is 985. The predicted molar refractivity (Wildman–Crippen MR) is 113 cm³/mol. The molecule has 0 radical (unpaired) electrons. The molecule has 0 bridgehead atoms. The standard InChI is InChI=1S/C23H20ClNO4/c1-16-6-10-18(11-7-16)28-15-14-22(26)29-19-12-8-17(9-13-19)25-23(27)20-4-2-3-5-21(20)24/h2-13H,14-15H2,1H3,(H,25,27). The molecule has 0 fully saturated rings. The van der Waals surface area contributed by atoms with Gasteiger partial charge in [0, 0.05) is 5.69 Å². The summed E-state index contributed by atoms with van der Waals surface area (Å²) in [6.07, 6.45) is 0.124. The van der Waals surface area contributed by atoms with Crippen LogP contribution in [0.2, 0.25) is 5.02 Å². The minimum absolute atomic E-state index is 0.124. The monoisotopic (exact) mass is 409 g/mol. The van der Waals surface area contributed by atoms with Crippen LogP contribution in [0.5, 0.6) is 11.5 Å². The van der Waals surface area contributed by atoms with E-state index in [0.717, 1.165) is 5.56 Å². The Morgan fingerprint density at radius 1 is 0.897 bits per heavy atom. The van der Waals surface area contributed by atoms with Crippen LogP contribution in [0.3, 0.4) is 0 Å². The van der Waals surface area contributed by atoms with E-state index in [0.29, 0.717) is 27.8 Å². The number of rotatable bonds is 7. The van der Waals surface area contributed by atoms with Crippen molar-refractivity contribution in [2.24, 2.45) is 0 Å². The number of carbonyl (C=O) groups excluding carboxylic acids is 2. The molecule has 0 atom stereocenters. The Morgan fingerprint density at radius 2 is 1.55 bits per heavy atom. The number of aryl methyl sites for hydroxylation is 1. The van der Waals surface area contributed by atoms with Gasteiger partial charge in [-0.2, -0.15) is 0 Å². The van der Waals surface area contributed by atoms with E-state index in [1.54, 1.807) is 48.5 Å². The van der Waals surface area contributed by atoms with Gasteiger partial charge in [0.2, 0.25) is 0 Å². The Balaban J connectivity index is 1.47. The number of carbonyl (C=O) groups is 2. The number of halogens is 1. The van der Waals surface area contributed by atoms with Crippen molar-refractivity contribution < 1.29 is 19.1 Å². The molecule has 0 saturated carbocycles. The van der Waals surface area contributed by atoms with Gasteiger partial charge in [0.25, 0.3) is 5.91 Å². The number of amides is 1. The molecule has 6 heteroatoms. The zero-order valence-corrected chi connectivity index (χ0v) is 16.6. The third kappa shape index (κ3) is 6.09. The molecule has 3 rings (SSSR count). The third-order valence-electron chi connectivity index (χ3n) is 4.06. The van der Waals surface area contributed by atoms with Crippen LogP contribution in [0, 0.1) is 6.92 Å². The molecule has 0 aromatic heterocycles. The van der Waals surface area contributed by atoms with Gasteiger partial charge in [-0.1, -0.05) is 41.4 Å². The molecule has 1 N–H and O–H groups in total. The Kier molecular flexibility index (Phi) is 6.87. The third-order valence-corrected chi connectivity index (χ3v) is 4.39. The van der Waals surface area contributed by atoms with Gasteiger partial charge in [0.1, 0.15) is 11.5 Å². The lowest BCUT2D eigenvalue weighted by Gasteiger charge is -2.09. The molecule has 148 valence electrons. The lowest BCUT2D eigenvalue weighted by molar-refractivity contribution is -0.134. The summed E-state index contributed by atoms with van der Waals surface area (Å²) in [6, 6.07) is 20.9. The molecule has 0 spiro atoms. The number of hydrogen-bond donors (Lipinski definition) is 1. The highest BCUT2D eigenvalue weighted by molar-refractivity contribution is 6.34. The molecule has 0 saturated heterocycles. The number of hydrogen-bond acceptors (Lipinski definition) is 4. The summed E-state index contributed by atoms with van der Waals surface area (Å²) in [4.78, 5) is 24.2. The molecule has 0 aliphatic carbocycles. The van der Waals surface area contributed by atoms with Crippen LogP contribution in [0.25, 0.3) is 0 Å². The van der Waals surface area contributed by atoms with Crippen LogP contribution < -0.4 is 14.8 Å². The van der Waals surface area contributed by atoms with Gasteiger partial charge in [0.05, 0.1) is 23.6 Å². The topological polar surface area (TPSA) is 64.6 Å². The van der Waals surface area contributed by atoms with Gasteiger partial charge < -0.3 is 14.8 Å². The van der Waals surface area contributed by atoms with Crippen LogP contribution in [0.1, 0.15) is 22.3 Å². The van der Waals surface area contributed by atoms with Crippen molar-refractivity contribution in [3.63, 3.8) is 0 Å². The highest BCUT2D eigenvalue weighted by Crippen LogP contribution is 2.20. The molecular weight excluding hydrogens is 390 g/mol. The summed E-state index contributed by atoms with van der Waals surface area (Å²) in [5.74, 6) is 0.390. The molecule has 3 aromatic carbocycles. The normalized spacial score (nSPS) is 10.3. The van der Waals surface area contributed by atoms with E-state index in [2.05, 4.69) is 5.32 Å². The summed E-state index contributed by atoms with van der Waals surface area (Å²) >= 11 is 6.03. The first kappa shape index (κ1) is 20.4. The first-order valence-electron chi connectivity index (χ1n) is 9.07. The average molecular weight is 410 g/mol. The van der Waals surface area contributed by atoms with E-state index in [1.807, 2.05) is 31.2 Å². The molecule has 0 aliphatic heterocycles. The maximum absolute atomic E-state index is 12.3. The summed E-state index contributed by atoms with van der Waals surface area (Å²) in [5.41, 5.74) is 2.10. The zero-order valence-electron chi connectivity index (χ0n) is 15.9. The van der Waals surface area contributed by atoms with Crippen LogP contribution in [0.4, 0.5) is 5.69 Å². The summed E-state index contributed by atoms with van der Waals surface area (Å²) in [5, 5.41) is 3.13. The van der Waals surface area contributed by atoms with Crippen molar-refractivity contribution in [1.29, 1.82) is 0 Å². The second-order valence-corrected chi connectivity index (χ2v) is 6.75. The van der Waals surface area contributed by atoms with Crippen molar-refractivity contribution in [1.82, 2.24) is 0 Å². The quantitative estimate of drug-likeness (QED) is 0.426. The maximum atomic E-state index is 12.3. The first-order valence-corrected chi connectivity index (χ1v) is 9.45. The molecule has 0 aliphatic rings. The molecule has 0 unspecified atom stereocenters. The highest BCUT2D eigenvalue weighted by atomic mass is 35.5. The Morgan fingerprint density at radius 3 is 2.24 bits per heavy atom. The number of ether oxygens (including phenoxy) is 2. The molecule has 5 nitrogen and oxygen atoms in total. The number of anilines is 1. The predicted octanol–water partition coefficient (Wildman–Crippen LogP) is 5.28. The van der Waals surface area contributed by atoms with E-state index in [1.165, 1.54) is 0 Å². The molecule has 29 heavy (non-hydrogen) atoms. The molecule has 1 amide bonds. The van der Waals surface area contributed by atoms with E-state index < -0.39 is 5.97 Å². The van der Waals surface area contributed by atoms with Crippen molar-refractivity contribution in [2.45, 2.75) is 13.3 Å². The minimum atomic E-state index is -0.398. The van der Waals surface area contributed by atoms with Crippen molar-refractivity contribution in [3.05, 3.63) is 88.9 Å². The van der Waals surface area contributed by atoms with E-state index in [9.17, 15) is 9.59 Å². The van der Waals surface area contributed by atoms with E-state index in [-0.39, 0.29) is 18.9 Å². The fraction of sp³-hybridized carbons (Fsp3) is 0.130. The highest BCUT2D eigenvalue weighted by Gasteiger charge is 2.10. The van der Waals surface area contributed by atoms with Crippen LogP contribution in [-0.4, -0.2) is 18.5 Å². The smallest absolute Gasteiger partial charge is 0.314 e. The van der Waals surface area contributed by atoms with Gasteiger partial charge in [-0.05, 0) is 55.5 Å². The minimum Gasteiger partial charge on any atom is -0.493 e. The van der Waals surface area contributed by atoms with E-state index in [4.69, 9.17) is 21.1 Å². The summed E-state index contributed by atoms with van der Waals surface area (Å²) < 4.78 is 10.8. The second-order valence-electron chi connectivity index (χ2n) is 6.34. The van der Waals surface area contributed by atoms with Crippen molar-refractivity contribution >= 4 is 29.2 Å². The molecule has 3 aromatic rings. The maximum Gasteiger partial charge on any atom is 0.314 e. The molecular formula is C23H20ClNO4. The molecule has 0 heterocycles. The van der Waals surface area contributed by atoms with Gasteiger partial charge in [-0.25, -0.2) is 0 Å². The van der Waals surface area contributed by atoms with Gasteiger partial charge in [-0.15, -0.1) is 0 Å².